The van der Waals surface area contributed by atoms with Crippen molar-refractivity contribution in [2.24, 2.45) is 0 Å². The Morgan fingerprint density at radius 2 is 1.76 bits per heavy atom. The molecule has 1 aromatic heterocycles. The van der Waals surface area contributed by atoms with Crippen molar-refractivity contribution in [2.45, 2.75) is 26.4 Å². The second-order valence-corrected chi connectivity index (χ2v) is 9.47. The number of aromatic nitrogens is 1. The van der Waals surface area contributed by atoms with Crippen LogP contribution in [0, 0.1) is 19.7 Å². The topological polar surface area (TPSA) is 70.5 Å². The van der Waals surface area contributed by atoms with Crippen LogP contribution in [0.5, 0.6) is 0 Å². The van der Waals surface area contributed by atoms with E-state index in [1.807, 2.05) is 49.4 Å². The van der Waals surface area contributed by atoms with E-state index in [0.717, 1.165) is 21.3 Å². The molecule has 1 amide bonds. The van der Waals surface area contributed by atoms with Gasteiger partial charge in [0.05, 0.1) is 27.2 Å². The van der Waals surface area contributed by atoms with Crippen molar-refractivity contribution in [3.63, 3.8) is 0 Å². The van der Waals surface area contributed by atoms with Gasteiger partial charge in [0.2, 0.25) is 5.78 Å². The summed E-state index contributed by atoms with van der Waals surface area (Å²) in [5, 5.41) is 13.5. The number of carbonyl (C=O) groups is 2. The normalized spacial score (nSPS) is 16.0. The Balaban J connectivity index is 1.68. The zero-order valence-corrected chi connectivity index (χ0v) is 19.4. The van der Waals surface area contributed by atoms with E-state index >= 15 is 0 Å². The molecule has 0 saturated heterocycles. The molecular formula is C27H21FN2O3S. The number of carbonyl (C=O) groups excluding carboxylic acids is 2. The van der Waals surface area contributed by atoms with Crippen LogP contribution in [0.15, 0.2) is 78.1 Å². The van der Waals surface area contributed by atoms with Gasteiger partial charge in [0.25, 0.3) is 5.91 Å². The summed E-state index contributed by atoms with van der Waals surface area (Å²) in [5.41, 5.74) is 2.02. The summed E-state index contributed by atoms with van der Waals surface area (Å²) < 4.78 is 13.5. The zero-order chi connectivity index (χ0) is 24.0. The minimum Gasteiger partial charge on any atom is -0.503 e. The van der Waals surface area contributed by atoms with Gasteiger partial charge >= 0.3 is 0 Å². The summed E-state index contributed by atoms with van der Waals surface area (Å²) >= 11 is 1.24. The van der Waals surface area contributed by atoms with Crippen LogP contribution in [0.2, 0.25) is 0 Å². The number of thiazole rings is 1. The van der Waals surface area contributed by atoms with Gasteiger partial charge in [-0.15, -0.1) is 11.3 Å². The van der Waals surface area contributed by atoms with Gasteiger partial charge in [0, 0.05) is 6.54 Å². The number of Topliss-reactive ketones (excluding diaryl/α,β-unsaturated/α-hetero) is 1. The first kappa shape index (κ1) is 22.0. The highest BCUT2D eigenvalue weighted by molar-refractivity contribution is 7.14. The number of aliphatic hydroxyl groups is 1. The van der Waals surface area contributed by atoms with Gasteiger partial charge in [-0.3, -0.25) is 9.59 Å². The Morgan fingerprint density at radius 1 is 1.06 bits per heavy atom. The van der Waals surface area contributed by atoms with E-state index < -0.39 is 23.5 Å². The number of aryl methyl sites for hydroxylation is 2. The lowest BCUT2D eigenvalue weighted by atomic mass is 9.91. The molecule has 1 aliphatic heterocycles. The van der Waals surface area contributed by atoms with E-state index in [-0.39, 0.29) is 17.9 Å². The molecule has 5 nitrogen and oxygen atoms in total. The highest BCUT2D eigenvalue weighted by atomic mass is 32.1. The SMILES string of the molecule is Cc1nc(C)c(C(=O)C2=C(O)C(=O)N(Cc3ccc(F)cc3)C2c2cccc3ccccc23)s1. The number of hydrogen-bond donors (Lipinski definition) is 1. The second kappa shape index (κ2) is 8.50. The molecule has 0 fully saturated rings. The van der Waals surface area contributed by atoms with Crippen molar-refractivity contribution in [2.75, 3.05) is 0 Å². The molecule has 170 valence electrons. The lowest BCUT2D eigenvalue weighted by molar-refractivity contribution is -0.130. The Kier molecular flexibility index (Phi) is 5.49. The van der Waals surface area contributed by atoms with Crippen molar-refractivity contribution in [3.05, 3.63) is 111 Å². The maximum Gasteiger partial charge on any atom is 0.290 e. The molecule has 5 rings (SSSR count). The number of nitrogens with zero attached hydrogens (tertiary/aromatic N) is 2. The van der Waals surface area contributed by atoms with Crippen molar-refractivity contribution in [1.82, 2.24) is 9.88 Å². The molecular weight excluding hydrogens is 451 g/mol. The molecule has 3 aromatic carbocycles. The number of fused-ring (bicyclic) bond motifs is 1. The Labute approximate surface area is 199 Å². The van der Waals surface area contributed by atoms with Gasteiger partial charge in [0.1, 0.15) is 5.82 Å². The third kappa shape index (κ3) is 3.68. The van der Waals surface area contributed by atoms with Crippen LogP contribution in [-0.4, -0.2) is 26.7 Å². The number of hydrogen-bond acceptors (Lipinski definition) is 5. The molecule has 0 aliphatic carbocycles. The number of benzene rings is 3. The summed E-state index contributed by atoms with van der Waals surface area (Å²) in [6.07, 6.45) is 0. The number of rotatable bonds is 5. The minimum absolute atomic E-state index is 0.0372. The maximum atomic E-state index is 13.7. The predicted molar refractivity (Wildman–Crippen MR) is 129 cm³/mol. The largest absolute Gasteiger partial charge is 0.503 e. The summed E-state index contributed by atoms with van der Waals surface area (Å²) in [5.74, 6) is -1.98. The van der Waals surface area contributed by atoms with E-state index in [0.29, 0.717) is 16.1 Å². The van der Waals surface area contributed by atoms with Crippen molar-refractivity contribution in [3.8, 4) is 0 Å². The summed E-state index contributed by atoms with van der Waals surface area (Å²) in [6.45, 7) is 3.66. The number of aliphatic hydroxyl groups excluding tert-OH is 1. The average molecular weight is 473 g/mol. The third-order valence-electron chi connectivity index (χ3n) is 6.04. The van der Waals surface area contributed by atoms with E-state index in [1.165, 1.54) is 28.4 Å². The van der Waals surface area contributed by atoms with Gasteiger partial charge in [0.15, 0.2) is 5.76 Å². The average Bonchev–Trinajstić information content (AvgIpc) is 3.30. The molecule has 34 heavy (non-hydrogen) atoms. The molecule has 1 aliphatic rings. The van der Waals surface area contributed by atoms with Gasteiger partial charge in [-0.25, -0.2) is 9.37 Å². The Hall–Kier alpha value is -3.84. The number of halogens is 1. The Bertz CT molecular complexity index is 1470. The monoisotopic (exact) mass is 472 g/mol. The molecule has 1 unspecified atom stereocenters. The smallest absolute Gasteiger partial charge is 0.290 e. The first-order valence-electron chi connectivity index (χ1n) is 10.8. The molecule has 0 radical (unpaired) electrons. The molecule has 7 heteroatoms. The van der Waals surface area contributed by atoms with Crippen LogP contribution in [0.3, 0.4) is 0 Å². The van der Waals surface area contributed by atoms with Crippen LogP contribution in [0.4, 0.5) is 4.39 Å². The molecule has 1 N–H and O–H groups in total. The fourth-order valence-electron chi connectivity index (χ4n) is 4.51. The maximum absolute atomic E-state index is 13.7. The lowest BCUT2D eigenvalue weighted by Gasteiger charge is -2.28. The standard InChI is InChI=1S/C27H21FN2O3S/c1-15-26(34-16(2)29-15)24(31)22-23(21-9-5-7-18-6-3-4-8-20(18)21)30(27(33)25(22)32)14-17-10-12-19(28)13-11-17/h3-13,23,32H,14H2,1-2H3. The molecule has 2 heterocycles. The molecule has 0 bridgehead atoms. The van der Waals surface area contributed by atoms with Crippen LogP contribution >= 0.6 is 11.3 Å². The van der Waals surface area contributed by atoms with Gasteiger partial charge in [-0.2, -0.15) is 0 Å². The van der Waals surface area contributed by atoms with Gasteiger partial charge in [-0.1, -0.05) is 54.6 Å². The quantitative estimate of drug-likeness (QED) is 0.371. The highest BCUT2D eigenvalue weighted by Crippen LogP contribution is 2.43. The minimum atomic E-state index is -0.807. The number of ketones is 1. The van der Waals surface area contributed by atoms with Gasteiger partial charge < -0.3 is 10.0 Å². The van der Waals surface area contributed by atoms with Crippen molar-refractivity contribution in [1.29, 1.82) is 0 Å². The fraction of sp³-hybridized carbons (Fsp3) is 0.148. The van der Waals surface area contributed by atoms with Crippen LogP contribution in [0.1, 0.15) is 37.5 Å². The summed E-state index contributed by atoms with van der Waals surface area (Å²) in [4.78, 5) is 33.3. The summed E-state index contributed by atoms with van der Waals surface area (Å²) in [7, 11) is 0. The predicted octanol–water partition coefficient (Wildman–Crippen LogP) is 5.83. The first-order chi connectivity index (χ1) is 16.3. The summed E-state index contributed by atoms with van der Waals surface area (Å²) in [6, 6.07) is 18.4. The molecule has 1 atom stereocenters. The van der Waals surface area contributed by atoms with E-state index in [1.54, 1.807) is 19.1 Å². The van der Waals surface area contributed by atoms with E-state index in [9.17, 15) is 19.1 Å². The van der Waals surface area contributed by atoms with E-state index in [2.05, 4.69) is 4.98 Å². The first-order valence-corrected chi connectivity index (χ1v) is 11.6. The fourth-order valence-corrected chi connectivity index (χ4v) is 5.39. The number of amides is 1. The third-order valence-corrected chi connectivity index (χ3v) is 7.11. The molecule has 0 saturated carbocycles. The van der Waals surface area contributed by atoms with Crippen LogP contribution in [0.25, 0.3) is 10.8 Å². The zero-order valence-electron chi connectivity index (χ0n) is 18.6. The van der Waals surface area contributed by atoms with Crippen molar-refractivity contribution < 1.29 is 19.1 Å². The molecule has 0 spiro atoms. The lowest BCUT2D eigenvalue weighted by Crippen LogP contribution is -2.30. The van der Waals surface area contributed by atoms with Crippen molar-refractivity contribution >= 4 is 33.8 Å². The Morgan fingerprint density at radius 3 is 2.47 bits per heavy atom. The second-order valence-electron chi connectivity index (χ2n) is 8.27. The molecule has 4 aromatic rings. The highest BCUT2D eigenvalue weighted by Gasteiger charge is 2.45. The van der Waals surface area contributed by atoms with E-state index in [4.69, 9.17) is 0 Å². The van der Waals surface area contributed by atoms with Crippen LogP contribution < -0.4 is 0 Å². The van der Waals surface area contributed by atoms with Crippen LogP contribution in [-0.2, 0) is 11.3 Å². The van der Waals surface area contributed by atoms with Gasteiger partial charge in [-0.05, 0) is 47.9 Å².